The Morgan fingerprint density at radius 2 is 1.18 bits per heavy atom. The fraction of sp³-hybridized carbons (Fsp3) is 0. The first-order valence-corrected chi connectivity index (χ1v) is 13.0. The second-order valence-corrected chi connectivity index (χ2v) is 11.1. The van der Waals surface area contributed by atoms with Crippen molar-refractivity contribution >= 4 is 44.7 Å². The number of aromatic nitrogens is 1. The summed E-state index contributed by atoms with van der Waals surface area (Å²) in [6.45, 7) is 0. The quantitative estimate of drug-likeness (QED) is 0.277. The Bertz CT molecular complexity index is 1660. The van der Waals surface area contributed by atoms with Gasteiger partial charge in [-0.05, 0) is 22.4 Å². The SMILES string of the molecule is O=P(c1ccccc1)(c1ccc(-c2cccc3cccnc23)cc1)c1cccc2ccccc12. The molecule has 6 aromatic rings. The molecule has 1 atom stereocenters. The van der Waals surface area contributed by atoms with Crippen molar-refractivity contribution in [3.8, 4) is 11.1 Å². The minimum absolute atomic E-state index is 0.826. The highest BCUT2D eigenvalue weighted by atomic mass is 31.2. The molecule has 0 amide bonds. The van der Waals surface area contributed by atoms with Crippen LogP contribution in [0.3, 0.4) is 0 Å². The summed E-state index contributed by atoms with van der Waals surface area (Å²) in [5.41, 5.74) is 3.10. The van der Waals surface area contributed by atoms with Crippen molar-refractivity contribution in [1.29, 1.82) is 0 Å². The summed E-state index contributed by atoms with van der Waals surface area (Å²) in [4.78, 5) is 4.60. The first-order valence-electron chi connectivity index (χ1n) is 11.3. The van der Waals surface area contributed by atoms with E-state index in [0.717, 1.165) is 48.7 Å². The van der Waals surface area contributed by atoms with E-state index >= 15 is 4.57 Å². The Morgan fingerprint density at radius 3 is 2.03 bits per heavy atom. The summed E-state index contributed by atoms with van der Waals surface area (Å²) >= 11 is 0. The van der Waals surface area contributed by atoms with Crippen molar-refractivity contribution in [3.63, 3.8) is 0 Å². The summed E-state index contributed by atoms with van der Waals surface area (Å²) in [7, 11) is -3.10. The monoisotopic (exact) mass is 455 g/mol. The average molecular weight is 455 g/mol. The number of hydrogen-bond donors (Lipinski definition) is 0. The third-order valence-corrected chi connectivity index (χ3v) is 9.52. The second-order valence-electron chi connectivity index (χ2n) is 8.37. The molecule has 0 N–H and O–H groups in total. The van der Waals surface area contributed by atoms with Crippen LogP contribution in [-0.2, 0) is 4.57 Å². The lowest BCUT2D eigenvalue weighted by Crippen LogP contribution is -2.25. The molecular weight excluding hydrogens is 433 g/mol. The van der Waals surface area contributed by atoms with Crippen LogP contribution in [0.1, 0.15) is 0 Å². The highest BCUT2D eigenvalue weighted by Gasteiger charge is 2.31. The minimum atomic E-state index is -3.10. The maximum Gasteiger partial charge on any atom is 0.171 e. The van der Waals surface area contributed by atoms with Crippen LogP contribution in [0.5, 0.6) is 0 Å². The van der Waals surface area contributed by atoms with E-state index in [1.54, 1.807) is 0 Å². The molecule has 0 bridgehead atoms. The average Bonchev–Trinajstić information content (AvgIpc) is 2.92. The molecular formula is C31H22NOP. The zero-order valence-corrected chi connectivity index (χ0v) is 19.4. The van der Waals surface area contributed by atoms with Crippen molar-refractivity contribution in [2.45, 2.75) is 0 Å². The summed E-state index contributed by atoms with van der Waals surface area (Å²) in [5.74, 6) is 0. The first kappa shape index (κ1) is 20.6. The van der Waals surface area contributed by atoms with E-state index in [1.807, 2.05) is 79.0 Å². The molecule has 0 aliphatic rings. The normalized spacial score (nSPS) is 13.1. The van der Waals surface area contributed by atoms with Crippen LogP contribution in [0.2, 0.25) is 0 Å². The molecule has 0 saturated heterocycles. The number of rotatable bonds is 4. The Morgan fingerprint density at radius 1 is 0.529 bits per heavy atom. The second kappa shape index (κ2) is 8.41. The molecule has 1 heterocycles. The summed E-state index contributed by atoms with van der Waals surface area (Å²) < 4.78 is 15.1. The van der Waals surface area contributed by atoms with Crippen LogP contribution in [0, 0.1) is 0 Å². The molecule has 3 heteroatoms. The molecule has 0 spiro atoms. The largest absolute Gasteiger partial charge is 0.309 e. The third kappa shape index (κ3) is 3.36. The van der Waals surface area contributed by atoms with Gasteiger partial charge in [0.15, 0.2) is 7.14 Å². The van der Waals surface area contributed by atoms with E-state index in [4.69, 9.17) is 0 Å². The van der Waals surface area contributed by atoms with E-state index in [1.165, 1.54) is 0 Å². The first-order chi connectivity index (χ1) is 16.7. The van der Waals surface area contributed by atoms with Crippen LogP contribution < -0.4 is 15.9 Å². The topological polar surface area (TPSA) is 30.0 Å². The van der Waals surface area contributed by atoms with Gasteiger partial charge in [0.05, 0.1) is 5.52 Å². The number of fused-ring (bicyclic) bond motifs is 2. The van der Waals surface area contributed by atoms with E-state index in [9.17, 15) is 0 Å². The Hall–Kier alpha value is -4.00. The molecule has 0 fully saturated rings. The fourth-order valence-electron chi connectivity index (χ4n) is 4.74. The smallest absolute Gasteiger partial charge is 0.171 e. The molecule has 1 unspecified atom stereocenters. The van der Waals surface area contributed by atoms with E-state index in [2.05, 4.69) is 59.6 Å². The van der Waals surface area contributed by atoms with Crippen LogP contribution in [-0.4, -0.2) is 4.98 Å². The third-order valence-electron chi connectivity index (χ3n) is 6.40. The summed E-state index contributed by atoms with van der Waals surface area (Å²) in [6, 6.07) is 42.5. The van der Waals surface area contributed by atoms with Crippen molar-refractivity contribution in [2.24, 2.45) is 0 Å². The zero-order chi connectivity index (χ0) is 23.0. The molecule has 0 aliphatic heterocycles. The van der Waals surface area contributed by atoms with Crippen molar-refractivity contribution in [3.05, 3.63) is 134 Å². The Kier molecular flexibility index (Phi) is 5.09. The van der Waals surface area contributed by atoms with Crippen LogP contribution >= 0.6 is 7.14 Å². The summed E-state index contributed by atoms with van der Waals surface area (Å²) in [6.07, 6.45) is 1.82. The molecule has 0 aliphatic carbocycles. The minimum Gasteiger partial charge on any atom is -0.309 e. The number of benzene rings is 5. The van der Waals surface area contributed by atoms with Gasteiger partial charge in [-0.25, -0.2) is 0 Å². The molecule has 1 aromatic heterocycles. The van der Waals surface area contributed by atoms with Gasteiger partial charge in [0.2, 0.25) is 0 Å². The molecule has 34 heavy (non-hydrogen) atoms. The number of nitrogens with zero attached hydrogens (tertiary/aromatic N) is 1. The molecule has 162 valence electrons. The lowest BCUT2D eigenvalue weighted by Gasteiger charge is -2.22. The summed E-state index contributed by atoms with van der Waals surface area (Å²) in [5, 5.41) is 5.76. The van der Waals surface area contributed by atoms with E-state index < -0.39 is 7.14 Å². The highest BCUT2D eigenvalue weighted by molar-refractivity contribution is 7.85. The van der Waals surface area contributed by atoms with Gasteiger partial charge in [0, 0.05) is 33.1 Å². The molecule has 2 nitrogen and oxygen atoms in total. The Labute approximate surface area is 198 Å². The van der Waals surface area contributed by atoms with Gasteiger partial charge in [0.1, 0.15) is 0 Å². The van der Waals surface area contributed by atoms with E-state index in [-0.39, 0.29) is 0 Å². The number of para-hydroxylation sites is 1. The van der Waals surface area contributed by atoms with Gasteiger partial charge < -0.3 is 4.57 Å². The van der Waals surface area contributed by atoms with Crippen molar-refractivity contribution in [2.75, 3.05) is 0 Å². The van der Waals surface area contributed by atoms with Crippen LogP contribution in [0.25, 0.3) is 32.8 Å². The van der Waals surface area contributed by atoms with Gasteiger partial charge in [-0.1, -0.05) is 121 Å². The van der Waals surface area contributed by atoms with Gasteiger partial charge in [-0.15, -0.1) is 0 Å². The van der Waals surface area contributed by atoms with Gasteiger partial charge in [-0.3, -0.25) is 4.98 Å². The van der Waals surface area contributed by atoms with Crippen molar-refractivity contribution < 1.29 is 4.57 Å². The van der Waals surface area contributed by atoms with Crippen molar-refractivity contribution in [1.82, 2.24) is 4.98 Å². The lowest BCUT2D eigenvalue weighted by atomic mass is 10.0. The zero-order valence-electron chi connectivity index (χ0n) is 18.5. The molecule has 6 rings (SSSR count). The fourth-order valence-corrected chi connectivity index (χ4v) is 7.59. The van der Waals surface area contributed by atoms with Crippen LogP contribution in [0.15, 0.2) is 134 Å². The predicted molar refractivity (Wildman–Crippen MR) is 144 cm³/mol. The number of hydrogen-bond acceptors (Lipinski definition) is 2. The number of pyridine rings is 1. The standard InChI is InChI=1S/C31H22NOP/c33-34(26-13-2-1-3-14-26,30-17-7-10-23-9-4-5-15-28(23)30)27-20-18-24(19-21-27)29-16-6-11-25-12-8-22-32-31(25)29/h1-22H. The maximum atomic E-state index is 15.1. The predicted octanol–water partition coefficient (Wildman–Crippen LogP) is 6.69. The molecule has 0 saturated carbocycles. The van der Waals surface area contributed by atoms with Gasteiger partial charge >= 0.3 is 0 Å². The highest BCUT2D eigenvalue weighted by Crippen LogP contribution is 2.44. The maximum absolute atomic E-state index is 15.1. The van der Waals surface area contributed by atoms with Gasteiger partial charge in [0.25, 0.3) is 0 Å². The molecule has 0 radical (unpaired) electrons. The van der Waals surface area contributed by atoms with E-state index in [0.29, 0.717) is 0 Å². The Balaban J connectivity index is 1.55. The lowest BCUT2D eigenvalue weighted by molar-refractivity contribution is 0.592. The molecule has 5 aromatic carbocycles. The van der Waals surface area contributed by atoms with Gasteiger partial charge in [-0.2, -0.15) is 0 Å². The van der Waals surface area contributed by atoms with Crippen LogP contribution in [0.4, 0.5) is 0 Å².